The molecule has 1 aliphatic carbocycles. The van der Waals surface area contributed by atoms with Crippen molar-refractivity contribution >= 4 is 24.6 Å². The molecule has 1 fully saturated rings. The van der Waals surface area contributed by atoms with Gasteiger partial charge in [-0.1, -0.05) is 74.0 Å². The first-order valence-electron chi connectivity index (χ1n) is 16.9. The number of methoxy groups -OCH3 is 1. The van der Waals surface area contributed by atoms with Gasteiger partial charge in [0.05, 0.1) is 12.6 Å². The fourth-order valence-electron chi connectivity index (χ4n) is 6.00. The number of allylic oxidation sites excluding steroid dienone is 3. The van der Waals surface area contributed by atoms with Crippen LogP contribution in [0.5, 0.6) is 0 Å². The lowest BCUT2D eigenvalue weighted by Crippen LogP contribution is -2.45. The van der Waals surface area contributed by atoms with Gasteiger partial charge in [0.2, 0.25) is 5.91 Å². The largest absolute Gasteiger partial charge is 0.400 e. The maximum Gasteiger partial charge on any atom is 0.226 e. The monoisotopic (exact) mass is 654 g/mol. The van der Waals surface area contributed by atoms with E-state index in [-0.39, 0.29) is 18.6 Å². The molecule has 0 bridgehead atoms. The fourth-order valence-corrected chi connectivity index (χ4v) is 6.00. The Labute approximate surface area is 287 Å². The summed E-state index contributed by atoms with van der Waals surface area (Å²) in [6.07, 6.45) is 7.76. The second kappa shape index (κ2) is 23.1. The number of ether oxygens (including phenoxy) is 1. The molecular formula is C40H66N2O5. The molecule has 266 valence electrons. The van der Waals surface area contributed by atoms with Crippen molar-refractivity contribution in [3.05, 3.63) is 74.5 Å². The summed E-state index contributed by atoms with van der Waals surface area (Å²) < 4.78 is 5.22. The van der Waals surface area contributed by atoms with Gasteiger partial charge in [0.15, 0.2) is 0 Å². The van der Waals surface area contributed by atoms with Crippen LogP contribution in [0.2, 0.25) is 0 Å². The third-order valence-corrected chi connectivity index (χ3v) is 8.38. The molecule has 1 aliphatic heterocycles. The average Bonchev–Trinajstić information content (AvgIpc) is 3.33. The van der Waals surface area contributed by atoms with Gasteiger partial charge in [-0.05, 0) is 103 Å². The molecule has 1 aromatic rings. The first-order valence-corrected chi connectivity index (χ1v) is 16.9. The number of likely N-dealkylation sites (tertiary alicyclic amines) is 1. The van der Waals surface area contributed by atoms with Gasteiger partial charge < -0.3 is 24.9 Å². The normalized spacial score (nSPS) is 18.1. The number of nitrogens with one attached hydrogen (secondary N) is 1. The number of likely N-dealkylation sites (N-methyl/N-ethyl adjacent to an activating group) is 1. The Bertz CT molecular complexity index is 1270. The van der Waals surface area contributed by atoms with Crippen molar-refractivity contribution in [3.8, 4) is 0 Å². The van der Waals surface area contributed by atoms with Crippen LogP contribution in [0.1, 0.15) is 109 Å². The molecule has 0 unspecified atom stereocenters. The van der Waals surface area contributed by atoms with E-state index in [1.54, 1.807) is 7.11 Å². The van der Waals surface area contributed by atoms with Gasteiger partial charge >= 0.3 is 0 Å². The van der Waals surface area contributed by atoms with Gasteiger partial charge in [-0.15, -0.1) is 0 Å². The van der Waals surface area contributed by atoms with E-state index in [0.29, 0.717) is 12.1 Å². The Morgan fingerprint density at radius 2 is 1.68 bits per heavy atom. The molecule has 7 nitrogen and oxygen atoms in total. The Morgan fingerprint density at radius 3 is 2.17 bits per heavy atom. The smallest absolute Gasteiger partial charge is 0.226 e. The van der Waals surface area contributed by atoms with Crippen LogP contribution >= 0.6 is 0 Å². The number of carbonyl (C=O) groups excluding carboxylic acids is 3. The molecule has 7 heteroatoms. The maximum absolute atomic E-state index is 13.5. The zero-order valence-electron chi connectivity index (χ0n) is 32.2. The van der Waals surface area contributed by atoms with Crippen molar-refractivity contribution in [2.24, 2.45) is 5.41 Å². The highest BCUT2D eigenvalue weighted by Gasteiger charge is 2.37. The number of hydrogen-bond donors (Lipinski definition) is 2. The summed E-state index contributed by atoms with van der Waals surface area (Å²) in [5.74, 6) is 0.106. The van der Waals surface area contributed by atoms with Gasteiger partial charge in [0.25, 0.3) is 0 Å². The van der Waals surface area contributed by atoms with Crippen molar-refractivity contribution in [2.75, 3.05) is 34.4 Å². The minimum atomic E-state index is -0.425. The Kier molecular flexibility index (Phi) is 22.5. The number of aliphatic hydroxyl groups excluding tert-OH is 1. The Balaban J connectivity index is 0. The molecule has 1 amide bonds. The summed E-state index contributed by atoms with van der Waals surface area (Å²) in [5.41, 5.74) is 11.9. The highest BCUT2D eigenvalue weighted by atomic mass is 16.5. The van der Waals surface area contributed by atoms with Crippen LogP contribution in [0.4, 0.5) is 0 Å². The number of aldehydes is 1. The molecule has 0 saturated carbocycles. The van der Waals surface area contributed by atoms with Gasteiger partial charge in [0.1, 0.15) is 13.1 Å². The van der Waals surface area contributed by atoms with Gasteiger partial charge in [-0.3, -0.25) is 9.59 Å². The molecule has 47 heavy (non-hydrogen) atoms. The highest BCUT2D eigenvalue weighted by Crippen LogP contribution is 2.44. The molecule has 1 heterocycles. The van der Waals surface area contributed by atoms with Gasteiger partial charge in [-0.2, -0.15) is 0 Å². The number of fused-ring (bicyclic) bond motifs is 1. The van der Waals surface area contributed by atoms with Crippen LogP contribution in [-0.2, 0) is 25.5 Å². The summed E-state index contributed by atoms with van der Waals surface area (Å²) in [7, 11) is 4.65. The second-order valence-corrected chi connectivity index (χ2v) is 12.4. The summed E-state index contributed by atoms with van der Waals surface area (Å²) in [6.45, 7) is 30.5. The number of amides is 1. The van der Waals surface area contributed by atoms with E-state index >= 15 is 0 Å². The Hall–Kier alpha value is -3.29. The number of hydrogen-bond acceptors (Lipinski definition) is 6. The van der Waals surface area contributed by atoms with E-state index in [9.17, 15) is 9.59 Å². The van der Waals surface area contributed by atoms with Crippen molar-refractivity contribution in [3.63, 3.8) is 0 Å². The minimum absolute atomic E-state index is 0.0814. The predicted octanol–water partition coefficient (Wildman–Crippen LogP) is 8.04. The van der Waals surface area contributed by atoms with Crippen molar-refractivity contribution in [1.82, 2.24) is 10.2 Å². The number of carbonyl (C=O) groups is 3. The Morgan fingerprint density at radius 1 is 1.13 bits per heavy atom. The molecule has 1 aromatic carbocycles. The lowest BCUT2D eigenvalue weighted by atomic mass is 9.75. The highest BCUT2D eigenvalue weighted by molar-refractivity contribution is 5.89. The summed E-state index contributed by atoms with van der Waals surface area (Å²) in [6, 6.07) is 2.19. The maximum atomic E-state index is 13.5. The van der Waals surface area contributed by atoms with Crippen LogP contribution in [-0.4, -0.2) is 69.4 Å². The number of rotatable bonds is 8. The SMILES string of the molecule is C=C1/C(=C/C(C)=C(\C=O)COC)N(C)C/C1=C1/c2c(C)cc(C)c(C)c2CC[C@@H]1NC(=O)C(C)(C)CCC.C=O.CC.CCC.CO. The van der Waals surface area contributed by atoms with E-state index in [1.807, 2.05) is 47.5 Å². The summed E-state index contributed by atoms with van der Waals surface area (Å²) in [4.78, 5) is 35.3. The number of benzene rings is 1. The lowest BCUT2D eigenvalue weighted by molar-refractivity contribution is -0.130. The van der Waals surface area contributed by atoms with E-state index in [4.69, 9.17) is 14.6 Å². The summed E-state index contributed by atoms with van der Waals surface area (Å²) >= 11 is 0. The van der Waals surface area contributed by atoms with Crippen molar-refractivity contribution in [2.45, 2.75) is 114 Å². The molecular weight excluding hydrogens is 588 g/mol. The number of nitrogens with zero attached hydrogens (tertiary/aromatic N) is 1. The van der Waals surface area contributed by atoms with Crippen LogP contribution in [0.25, 0.3) is 5.57 Å². The zero-order valence-corrected chi connectivity index (χ0v) is 32.2. The summed E-state index contributed by atoms with van der Waals surface area (Å²) in [5, 5.41) is 10.5. The minimum Gasteiger partial charge on any atom is -0.400 e. The second-order valence-electron chi connectivity index (χ2n) is 12.4. The molecule has 2 aliphatic rings. The fraction of sp³-hybridized carbons (Fsp3) is 0.575. The van der Waals surface area contributed by atoms with E-state index in [1.165, 1.54) is 39.8 Å². The first kappa shape index (κ1) is 45.8. The molecule has 1 saturated heterocycles. The number of aliphatic hydroxyl groups is 1. The predicted molar refractivity (Wildman–Crippen MR) is 200 cm³/mol. The quantitative estimate of drug-likeness (QED) is 0.218. The number of aryl methyl sites for hydroxylation is 2. The lowest BCUT2D eigenvalue weighted by Gasteiger charge is -2.35. The average molecular weight is 655 g/mol. The van der Waals surface area contributed by atoms with Gasteiger partial charge in [-0.25, -0.2) is 0 Å². The molecule has 3 rings (SSSR count). The zero-order chi connectivity index (χ0) is 37.1. The van der Waals surface area contributed by atoms with Crippen LogP contribution in [0, 0.1) is 26.2 Å². The first-order chi connectivity index (χ1) is 22.3. The van der Waals surface area contributed by atoms with Crippen LogP contribution < -0.4 is 5.32 Å². The van der Waals surface area contributed by atoms with E-state index in [0.717, 1.165) is 61.5 Å². The van der Waals surface area contributed by atoms with Crippen LogP contribution in [0.3, 0.4) is 0 Å². The van der Waals surface area contributed by atoms with E-state index in [2.05, 4.69) is 71.5 Å². The topological polar surface area (TPSA) is 95.9 Å². The molecule has 0 spiro atoms. The molecule has 1 atom stereocenters. The van der Waals surface area contributed by atoms with Gasteiger partial charge in [0, 0.05) is 44.5 Å². The van der Waals surface area contributed by atoms with E-state index < -0.39 is 5.41 Å². The molecule has 0 radical (unpaired) electrons. The third-order valence-electron chi connectivity index (χ3n) is 8.38. The third kappa shape index (κ3) is 12.0. The van der Waals surface area contributed by atoms with Crippen molar-refractivity contribution in [1.29, 1.82) is 0 Å². The van der Waals surface area contributed by atoms with Crippen LogP contribution in [0.15, 0.2) is 46.7 Å². The standard InChI is InChI=1S/C33H46N2O3.C3H8.C2H6.CH4O.CH2O/c1-11-14-33(7,8)32(37)34-28-13-12-26-23(5)20(2)15-22(4)30(26)31(28)27-17-35(9)29(24(27)6)16-21(3)25(18-36)19-38-10;1-3-2;3*1-2/h15-16,18,28H,6,11-14,17,19H2,1-5,7-10H3,(H,34,37);3H2,1-2H3;1-2H3;2H,1H3;1H2/b25-21+,29-16-,31-27-;;;;/t28-;;;;/m0..../s1. The van der Waals surface area contributed by atoms with Crippen molar-refractivity contribution < 1.29 is 24.2 Å². The molecule has 0 aromatic heterocycles. The molecule has 2 N–H and O–H groups in total.